The second kappa shape index (κ2) is 9.00. The topological polar surface area (TPSA) is 101 Å². The van der Waals surface area contributed by atoms with Crippen molar-refractivity contribution in [3.05, 3.63) is 76.5 Å². The van der Waals surface area contributed by atoms with Crippen molar-refractivity contribution in [1.29, 1.82) is 0 Å². The van der Waals surface area contributed by atoms with Crippen molar-refractivity contribution >= 4 is 50.0 Å². The lowest BCUT2D eigenvalue weighted by molar-refractivity contribution is -0.122. The molecule has 0 saturated heterocycles. The maximum Gasteiger partial charge on any atom is 0.243 e. The number of sulfonamides is 1. The van der Waals surface area contributed by atoms with Crippen LogP contribution in [-0.4, -0.2) is 29.1 Å². The van der Waals surface area contributed by atoms with Crippen LogP contribution >= 0.6 is 23.1 Å². The second-order valence-electron chi connectivity index (χ2n) is 6.55. The van der Waals surface area contributed by atoms with E-state index in [9.17, 15) is 13.2 Å². The summed E-state index contributed by atoms with van der Waals surface area (Å²) in [5.41, 5.74) is 1.65. The molecule has 4 rings (SSSR count). The van der Waals surface area contributed by atoms with Gasteiger partial charge in [0.15, 0.2) is 0 Å². The van der Waals surface area contributed by atoms with E-state index in [0.717, 1.165) is 22.2 Å². The third-order valence-corrected chi connectivity index (χ3v) is 7.37. The highest BCUT2D eigenvalue weighted by Gasteiger charge is 2.28. The minimum atomic E-state index is -4.00. The van der Waals surface area contributed by atoms with Gasteiger partial charge in [0.05, 0.1) is 18.3 Å². The molecule has 2 N–H and O–H groups in total. The number of rotatable bonds is 8. The highest BCUT2D eigenvalue weighted by molar-refractivity contribution is 7.89. The van der Waals surface area contributed by atoms with Crippen LogP contribution in [0.1, 0.15) is 10.4 Å². The number of hydrogen-bond donors (Lipinski definition) is 2. The lowest BCUT2D eigenvalue weighted by atomic mass is 10.1. The zero-order chi connectivity index (χ0) is 21.0. The maximum absolute atomic E-state index is 13.1. The largest absolute Gasteiger partial charge is 0.350 e. The molecule has 7 nitrogen and oxygen atoms in total. The van der Waals surface area contributed by atoms with E-state index in [0.29, 0.717) is 17.6 Å². The van der Waals surface area contributed by atoms with Gasteiger partial charge in [-0.25, -0.2) is 8.42 Å². The van der Waals surface area contributed by atoms with Gasteiger partial charge >= 0.3 is 0 Å². The molecule has 1 amide bonds. The minimum absolute atomic E-state index is 0.0119. The molecule has 0 unspecified atom stereocenters. The van der Waals surface area contributed by atoms with Crippen LogP contribution in [0.5, 0.6) is 0 Å². The van der Waals surface area contributed by atoms with Crippen LogP contribution in [0.25, 0.3) is 11.0 Å². The van der Waals surface area contributed by atoms with Crippen molar-refractivity contribution in [2.75, 3.05) is 0 Å². The first-order valence-electron chi connectivity index (χ1n) is 9.10. The third kappa shape index (κ3) is 4.73. The molecule has 0 radical (unpaired) electrons. The minimum Gasteiger partial charge on any atom is -0.350 e. The number of benzene rings is 2. The number of carbonyl (C=O) groups is 1. The Labute approximate surface area is 182 Å². The average Bonchev–Trinajstić information content (AvgIpc) is 3.43. The average molecular weight is 459 g/mol. The molecule has 0 bridgehead atoms. The fraction of sp³-hybridized carbons (Fsp3) is 0.150. The lowest BCUT2D eigenvalue weighted by Crippen LogP contribution is -2.47. The summed E-state index contributed by atoms with van der Waals surface area (Å²) in [6.45, 7) is 0.342. The number of aromatic nitrogens is 2. The number of nitrogens with zero attached hydrogens (tertiary/aromatic N) is 2. The van der Waals surface area contributed by atoms with Crippen LogP contribution in [0.3, 0.4) is 0 Å². The van der Waals surface area contributed by atoms with Gasteiger partial charge in [0.2, 0.25) is 15.9 Å². The smallest absolute Gasteiger partial charge is 0.243 e. The molecular formula is C20H18N4O3S3. The Hall–Kier alpha value is -2.66. The summed E-state index contributed by atoms with van der Waals surface area (Å²) in [6, 6.07) is 16.9. The number of hydrogen-bond acceptors (Lipinski definition) is 7. The van der Waals surface area contributed by atoms with E-state index in [-0.39, 0.29) is 17.2 Å². The number of fused-ring (bicyclic) bond motifs is 1. The van der Waals surface area contributed by atoms with Crippen molar-refractivity contribution in [2.45, 2.75) is 23.9 Å². The van der Waals surface area contributed by atoms with Crippen LogP contribution in [0.2, 0.25) is 0 Å². The van der Waals surface area contributed by atoms with E-state index >= 15 is 0 Å². The third-order valence-electron chi connectivity index (χ3n) is 4.45. The van der Waals surface area contributed by atoms with E-state index < -0.39 is 16.1 Å². The molecule has 2 heterocycles. The lowest BCUT2D eigenvalue weighted by Gasteiger charge is -2.19. The highest BCUT2D eigenvalue weighted by atomic mass is 32.2. The van der Waals surface area contributed by atoms with Gasteiger partial charge in [-0.05, 0) is 35.6 Å². The van der Waals surface area contributed by atoms with Gasteiger partial charge in [-0.1, -0.05) is 42.5 Å². The van der Waals surface area contributed by atoms with E-state index in [4.69, 9.17) is 0 Å². The van der Waals surface area contributed by atoms with E-state index in [2.05, 4.69) is 18.8 Å². The first-order chi connectivity index (χ1) is 14.5. The summed E-state index contributed by atoms with van der Waals surface area (Å²) in [5.74, 6) is -0.389. The zero-order valence-electron chi connectivity index (χ0n) is 15.7. The van der Waals surface area contributed by atoms with Crippen LogP contribution in [0.4, 0.5) is 0 Å². The molecule has 4 aromatic rings. The molecule has 0 aliphatic carbocycles. The summed E-state index contributed by atoms with van der Waals surface area (Å²) in [5, 5.41) is 4.76. The van der Waals surface area contributed by atoms with Crippen LogP contribution in [0.15, 0.2) is 70.9 Å². The standard InChI is InChI=1S/C20H18N4O3S3/c25-20(21-13-15-8-5-11-28-15)17(12-14-6-2-1-3-7-14)24-30(26,27)18-10-4-9-16-19(18)23-29-22-16/h1-11,17,24H,12-13H2,(H,21,25)/t17-/m0/s1. The van der Waals surface area contributed by atoms with Crippen LogP contribution < -0.4 is 10.0 Å². The zero-order valence-corrected chi connectivity index (χ0v) is 18.1. The summed E-state index contributed by atoms with van der Waals surface area (Å²) in [6.07, 6.45) is 0.224. The van der Waals surface area contributed by atoms with Gasteiger partial charge in [0.1, 0.15) is 22.0 Å². The predicted molar refractivity (Wildman–Crippen MR) is 118 cm³/mol. The van der Waals surface area contributed by atoms with E-state index in [1.54, 1.807) is 12.1 Å². The van der Waals surface area contributed by atoms with E-state index in [1.807, 2.05) is 47.8 Å². The number of thiophene rings is 1. The summed E-state index contributed by atoms with van der Waals surface area (Å²) in [7, 11) is -4.00. The molecule has 0 spiro atoms. The monoisotopic (exact) mass is 458 g/mol. The predicted octanol–water partition coefficient (Wildman–Crippen LogP) is 2.96. The van der Waals surface area contributed by atoms with Gasteiger partial charge in [-0.15, -0.1) is 11.3 Å². The van der Waals surface area contributed by atoms with E-state index in [1.165, 1.54) is 17.4 Å². The Kier molecular flexibility index (Phi) is 6.18. The quantitative estimate of drug-likeness (QED) is 0.423. The molecule has 0 fully saturated rings. The molecule has 0 saturated carbocycles. The molecule has 30 heavy (non-hydrogen) atoms. The number of amides is 1. The maximum atomic E-state index is 13.1. The Balaban J connectivity index is 1.59. The molecule has 0 aliphatic rings. The fourth-order valence-electron chi connectivity index (χ4n) is 3.00. The molecule has 2 aromatic heterocycles. The van der Waals surface area contributed by atoms with Crippen molar-refractivity contribution in [3.63, 3.8) is 0 Å². The first kappa shape index (κ1) is 20.6. The number of carbonyl (C=O) groups excluding carboxylic acids is 1. The van der Waals surface area contributed by atoms with Gasteiger partial charge in [-0.2, -0.15) is 13.5 Å². The van der Waals surface area contributed by atoms with Crippen LogP contribution in [-0.2, 0) is 27.8 Å². The van der Waals surface area contributed by atoms with Crippen molar-refractivity contribution < 1.29 is 13.2 Å². The van der Waals surface area contributed by atoms with Crippen molar-refractivity contribution in [1.82, 2.24) is 18.8 Å². The van der Waals surface area contributed by atoms with Crippen molar-refractivity contribution in [3.8, 4) is 0 Å². The van der Waals surface area contributed by atoms with Crippen molar-refractivity contribution in [2.24, 2.45) is 0 Å². The van der Waals surface area contributed by atoms with Gasteiger partial charge in [0.25, 0.3) is 0 Å². The summed E-state index contributed by atoms with van der Waals surface area (Å²) < 4.78 is 37.0. The normalized spacial score (nSPS) is 12.7. The Bertz CT molecular complexity index is 1240. The molecule has 0 aliphatic heterocycles. The number of nitrogens with one attached hydrogen (secondary N) is 2. The van der Waals surface area contributed by atoms with Crippen LogP contribution in [0, 0.1) is 0 Å². The highest BCUT2D eigenvalue weighted by Crippen LogP contribution is 2.21. The van der Waals surface area contributed by atoms with Gasteiger partial charge in [0, 0.05) is 4.88 Å². The summed E-state index contributed by atoms with van der Waals surface area (Å²) in [4.78, 5) is 13.9. The Morgan fingerprint density at radius 1 is 1.00 bits per heavy atom. The Morgan fingerprint density at radius 3 is 2.60 bits per heavy atom. The molecule has 2 aromatic carbocycles. The summed E-state index contributed by atoms with van der Waals surface area (Å²) >= 11 is 2.47. The molecule has 10 heteroatoms. The Morgan fingerprint density at radius 2 is 1.83 bits per heavy atom. The molecular weight excluding hydrogens is 440 g/mol. The van der Waals surface area contributed by atoms with Gasteiger partial charge < -0.3 is 5.32 Å². The van der Waals surface area contributed by atoms with Gasteiger partial charge in [-0.3, -0.25) is 4.79 Å². The molecule has 1 atom stereocenters. The SMILES string of the molecule is O=C(NCc1cccs1)[C@H](Cc1ccccc1)NS(=O)(=O)c1cccc2nsnc12. The molecule has 154 valence electrons. The fourth-order valence-corrected chi connectivity index (χ4v) is 5.60. The first-order valence-corrected chi connectivity index (χ1v) is 12.2. The second-order valence-corrected chi connectivity index (χ2v) is 9.79.